The first-order valence-electron chi connectivity index (χ1n) is 4.97. The molecule has 0 bridgehead atoms. The lowest BCUT2D eigenvalue weighted by molar-refractivity contribution is 0.613. The van der Waals surface area contributed by atoms with Gasteiger partial charge >= 0.3 is 0 Å². The first-order chi connectivity index (χ1) is 8.25. The Hall–Kier alpha value is -2.43. The monoisotopic (exact) mass is 230 g/mol. The van der Waals surface area contributed by atoms with E-state index in [0.29, 0.717) is 22.2 Å². The Balaban J connectivity index is 2.35. The van der Waals surface area contributed by atoms with Crippen LogP contribution in [0.5, 0.6) is 0 Å². The molecule has 0 radical (unpaired) electrons. The molecule has 1 aromatic carbocycles. The van der Waals surface area contributed by atoms with Crippen molar-refractivity contribution in [2.75, 3.05) is 0 Å². The van der Waals surface area contributed by atoms with Gasteiger partial charge in [0.1, 0.15) is 11.5 Å². The van der Waals surface area contributed by atoms with Crippen molar-refractivity contribution in [3.05, 3.63) is 52.8 Å². The van der Waals surface area contributed by atoms with Crippen molar-refractivity contribution in [3.63, 3.8) is 0 Å². The van der Waals surface area contributed by atoms with Crippen molar-refractivity contribution >= 4 is 11.0 Å². The van der Waals surface area contributed by atoms with Gasteiger partial charge in [0.25, 0.3) is 5.56 Å². The maximum absolute atomic E-state index is 13.1. The van der Waals surface area contributed by atoms with Crippen LogP contribution in [0.25, 0.3) is 22.2 Å². The van der Waals surface area contributed by atoms with Gasteiger partial charge in [-0.25, -0.2) is 9.49 Å². The highest BCUT2D eigenvalue weighted by Crippen LogP contribution is 2.24. The number of halogens is 1. The number of fused-ring (bicyclic) bond motifs is 1. The molecule has 1 N–H and O–H groups in total. The van der Waals surface area contributed by atoms with Gasteiger partial charge in [0.2, 0.25) is 0 Å². The molecule has 5 heteroatoms. The summed E-state index contributed by atoms with van der Waals surface area (Å²) in [5, 5.41) is 6.65. The van der Waals surface area contributed by atoms with Crippen molar-refractivity contribution in [2.24, 2.45) is 0 Å². The van der Waals surface area contributed by atoms with Crippen LogP contribution in [0.1, 0.15) is 0 Å². The second-order valence-corrected chi connectivity index (χ2v) is 3.58. The summed E-state index contributed by atoms with van der Waals surface area (Å²) >= 11 is 0. The van der Waals surface area contributed by atoms with E-state index in [1.54, 1.807) is 18.2 Å². The predicted octanol–water partition coefficient (Wildman–Crippen LogP) is 2.32. The van der Waals surface area contributed by atoms with Gasteiger partial charge in [0, 0.05) is 5.56 Å². The van der Waals surface area contributed by atoms with E-state index in [2.05, 4.69) is 10.2 Å². The number of furan rings is 1. The van der Waals surface area contributed by atoms with E-state index in [1.165, 1.54) is 18.4 Å². The Morgan fingerprint density at radius 1 is 1.29 bits per heavy atom. The van der Waals surface area contributed by atoms with Crippen LogP contribution in [0.3, 0.4) is 0 Å². The molecular weight excluding hydrogens is 223 g/mol. The first kappa shape index (κ1) is 9.77. The zero-order valence-corrected chi connectivity index (χ0v) is 8.61. The summed E-state index contributed by atoms with van der Waals surface area (Å²) in [7, 11) is 0. The summed E-state index contributed by atoms with van der Waals surface area (Å²) in [5.74, 6) is -0.366. The minimum absolute atomic E-state index is 0.325. The van der Waals surface area contributed by atoms with Gasteiger partial charge in [-0.05, 0) is 18.2 Å². The fourth-order valence-electron chi connectivity index (χ4n) is 1.72. The van der Waals surface area contributed by atoms with Crippen LogP contribution in [0, 0.1) is 5.82 Å². The molecule has 0 spiro atoms. The van der Waals surface area contributed by atoms with E-state index in [0.717, 1.165) is 0 Å². The van der Waals surface area contributed by atoms with Crippen LogP contribution in [0.15, 0.2) is 45.8 Å². The molecule has 3 aromatic rings. The molecule has 0 saturated carbocycles. The molecule has 0 saturated heterocycles. The zero-order valence-electron chi connectivity index (χ0n) is 8.61. The first-order valence-corrected chi connectivity index (χ1v) is 4.97. The van der Waals surface area contributed by atoms with Crippen molar-refractivity contribution in [1.29, 1.82) is 0 Å². The lowest BCUT2D eigenvalue weighted by Gasteiger charge is -2.00. The van der Waals surface area contributed by atoms with Gasteiger partial charge in [0.15, 0.2) is 5.58 Å². The van der Waals surface area contributed by atoms with Crippen molar-refractivity contribution in [3.8, 4) is 11.3 Å². The normalized spacial score (nSPS) is 10.9. The van der Waals surface area contributed by atoms with Gasteiger partial charge in [0.05, 0.1) is 11.6 Å². The molecule has 0 atom stereocenters. The van der Waals surface area contributed by atoms with Crippen LogP contribution >= 0.6 is 0 Å². The molecule has 2 heterocycles. The molecule has 0 amide bonds. The number of nitrogens with zero attached hydrogens (tertiary/aromatic N) is 1. The summed E-state index contributed by atoms with van der Waals surface area (Å²) in [5.41, 5.74) is 1.01. The van der Waals surface area contributed by atoms with E-state index >= 15 is 0 Å². The summed E-state index contributed by atoms with van der Waals surface area (Å²) in [6.45, 7) is 0. The third kappa shape index (κ3) is 1.52. The average Bonchev–Trinajstić information content (AvgIpc) is 2.79. The standard InChI is InChI=1S/C12H7FN2O2/c13-8-3-1-2-7(6-8)10-11-9(4-5-17-11)12(16)15-14-10/h1-6H,(H,15,16). The summed E-state index contributed by atoms with van der Waals surface area (Å²) < 4.78 is 18.3. The average molecular weight is 230 g/mol. The molecule has 3 rings (SSSR count). The largest absolute Gasteiger partial charge is 0.462 e. The fourth-order valence-corrected chi connectivity index (χ4v) is 1.72. The fraction of sp³-hybridized carbons (Fsp3) is 0. The predicted molar refractivity (Wildman–Crippen MR) is 60.0 cm³/mol. The van der Waals surface area contributed by atoms with E-state index < -0.39 is 0 Å². The smallest absolute Gasteiger partial charge is 0.275 e. The maximum atomic E-state index is 13.1. The minimum atomic E-state index is -0.366. The number of aromatic nitrogens is 2. The molecular formula is C12H7FN2O2. The molecule has 0 aliphatic heterocycles. The Bertz CT molecular complexity index is 745. The molecule has 17 heavy (non-hydrogen) atoms. The third-order valence-corrected chi connectivity index (χ3v) is 2.49. The molecule has 0 aliphatic rings. The third-order valence-electron chi connectivity index (χ3n) is 2.49. The van der Waals surface area contributed by atoms with Gasteiger partial charge in [-0.15, -0.1) is 0 Å². The number of hydrogen-bond acceptors (Lipinski definition) is 3. The van der Waals surface area contributed by atoms with Crippen LogP contribution in [0.4, 0.5) is 4.39 Å². The Kier molecular flexibility index (Phi) is 2.04. The second-order valence-electron chi connectivity index (χ2n) is 3.58. The van der Waals surface area contributed by atoms with Crippen molar-refractivity contribution in [1.82, 2.24) is 10.2 Å². The van der Waals surface area contributed by atoms with Crippen molar-refractivity contribution in [2.45, 2.75) is 0 Å². The van der Waals surface area contributed by atoms with E-state index in [4.69, 9.17) is 4.42 Å². The van der Waals surface area contributed by atoms with E-state index in [1.807, 2.05) is 0 Å². The number of H-pyrrole nitrogens is 1. The maximum Gasteiger partial charge on any atom is 0.275 e. The van der Waals surface area contributed by atoms with Crippen molar-refractivity contribution < 1.29 is 8.81 Å². The molecule has 0 unspecified atom stereocenters. The summed E-state index contributed by atoms with van der Waals surface area (Å²) in [6.07, 6.45) is 1.41. The Morgan fingerprint density at radius 2 is 2.18 bits per heavy atom. The van der Waals surface area contributed by atoms with Gasteiger partial charge in [-0.1, -0.05) is 12.1 Å². The Morgan fingerprint density at radius 3 is 3.00 bits per heavy atom. The molecule has 4 nitrogen and oxygen atoms in total. The number of benzene rings is 1. The summed E-state index contributed by atoms with van der Waals surface area (Å²) in [6, 6.07) is 7.51. The number of aromatic amines is 1. The lowest BCUT2D eigenvalue weighted by atomic mass is 10.1. The SMILES string of the molecule is O=c1[nH]nc(-c2cccc(F)c2)c2occc12. The summed E-state index contributed by atoms with van der Waals surface area (Å²) in [4.78, 5) is 11.4. The van der Waals surface area contributed by atoms with E-state index in [9.17, 15) is 9.18 Å². The quantitative estimate of drug-likeness (QED) is 0.697. The highest BCUT2D eigenvalue weighted by atomic mass is 19.1. The van der Waals surface area contributed by atoms with Gasteiger partial charge in [-0.2, -0.15) is 5.10 Å². The number of hydrogen-bond donors (Lipinski definition) is 1. The number of rotatable bonds is 1. The zero-order chi connectivity index (χ0) is 11.8. The molecule has 0 fully saturated rings. The van der Waals surface area contributed by atoms with E-state index in [-0.39, 0.29) is 11.4 Å². The van der Waals surface area contributed by atoms with Gasteiger partial charge < -0.3 is 4.42 Å². The van der Waals surface area contributed by atoms with Crippen LogP contribution in [-0.2, 0) is 0 Å². The highest BCUT2D eigenvalue weighted by molar-refractivity contribution is 5.88. The van der Waals surface area contributed by atoms with Crippen LogP contribution in [-0.4, -0.2) is 10.2 Å². The molecule has 0 aliphatic carbocycles. The molecule has 84 valence electrons. The molecule has 2 aromatic heterocycles. The van der Waals surface area contributed by atoms with Crippen LogP contribution < -0.4 is 5.56 Å². The minimum Gasteiger partial charge on any atom is -0.462 e. The second kappa shape index (κ2) is 3.55. The lowest BCUT2D eigenvalue weighted by Crippen LogP contribution is -2.07. The topological polar surface area (TPSA) is 58.9 Å². The number of nitrogens with one attached hydrogen (secondary N) is 1. The van der Waals surface area contributed by atoms with Crippen LogP contribution in [0.2, 0.25) is 0 Å². The van der Waals surface area contributed by atoms with Gasteiger partial charge in [-0.3, -0.25) is 4.79 Å². The highest BCUT2D eigenvalue weighted by Gasteiger charge is 2.11. The Labute approximate surface area is 94.7 Å².